The molecule has 0 radical (unpaired) electrons. The molecule has 2 rings (SSSR count). The molecule has 0 spiro atoms. The van der Waals surface area contributed by atoms with E-state index in [0.717, 1.165) is 28.1 Å². The van der Waals surface area contributed by atoms with Crippen molar-refractivity contribution in [1.29, 1.82) is 0 Å². The Morgan fingerprint density at radius 1 is 0.931 bits per heavy atom. The lowest BCUT2D eigenvalue weighted by Crippen LogP contribution is -2.20. The Kier molecular flexibility index (Phi) is 8.60. The van der Waals surface area contributed by atoms with E-state index >= 15 is 0 Å². The van der Waals surface area contributed by atoms with Gasteiger partial charge in [-0.2, -0.15) is 0 Å². The molecule has 2 amide bonds. The molecule has 2 aromatic carbocycles. The van der Waals surface area contributed by atoms with E-state index in [1.165, 1.54) is 11.8 Å². The van der Waals surface area contributed by atoms with Gasteiger partial charge in [0.1, 0.15) is 0 Å². The zero-order chi connectivity index (χ0) is 21.6. The van der Waals surface area contributed by atoms with E-state index in [2.05, 4.69) is 50.5 Å². The number of hydrogen-bond donors (Lipinski definition) is 2. The first-order valence-corrected chi connectivity index (χ1v) is 11.3. The summed E-state index contributed by atoms with van der Waals surface area (Å²) in [5.41, 5.74) is 4.80. The molecule has 0 atom stereocenters. The average molecular weight is 433 g/mol. The quantitative estimate of drug-likeness (QED) is 0.521. The van der Waals surface area contributed by atoms with E-state index in [4.69, 9.17) is 11.6 Å². The fourth-order valence-corrected chi connectivity index (χ4v) is 3.90. The summed E-state index contributed by atoms with van der Waals surface area (Å²) >= 11 is 7.23. The minimum Gasteiger partial charge on any atom is -0.325 e. The smallest absolute Gasteiger partial charge is 0.234 e. The lowest BCUT2D eigenvalue weighted by atomic mass is 9.92. The van der Waals surface area contributed by atoms with Crippen molar-refractivity contribution < 1.29 is 9.59 Å². The molecule has 4 nitrogen and oxygen atoms in total. The van der Waals surface area contributed by atoms with Gasteiger partial charge < -0.3 is 10.6 Å². The van der Waals surface area contributed by atoms with Crippen LogP contribution >= 0.6 is 23.4 Å². The highest BCUT2D eigenvalue weighted by Crippen LogP contribution is 2.32. The Morgan fingerprint density at radius 2 is 1.48 bits per heavy atom. The van der Waals surface area contributed by atoms with Crippen LogP contribution < -0.4 is 10.6 Å². The second-order valence-corrected chi connectivity index (χ2v) is 9.09. The monoisotopic (exact) mass is 432 g/mol. The van der Waals surface area contributed by atoms with Gasteiger partial charge in [0.2, 0.25) is 11.8 Å². The Hall–Kier alpha value is -1.98. The first-order chi connectivity index (χ1) is 13.7. The Labute approximate surface area is 182 Å². The van der Waals surface area contributed by atoms with Gasteiger partial charge in [0.05, 0.1) is 11.5 Å². The van der Waals surface area contributed by atoms with Gasteiger partial charge in [0.15, 0.2) is 0 Å². The lowest BCUT2D eigenvalue weighted by Gasteiger charge is -2.20. The number of amides is 2. The van der Waals surface area contributed by atoms with Crippen LogP contribution in [-0.4, -0.2) is 23.3 Å². The molecule has 2 aromatic rings. The molecule has 2 N–H and O–H groups in total. The van der Waals surface area contributed by atoms with E-state index in [1.54, 1.807) is 18.2 Å². The van der Waals surface area contributed by atoms with Gasteiger partial charge in [-0.15, -0.1) is 11.8 Å². The molecule has 0 heterocycles. The molecule has 0 aliphatic rings. The third kappa shape index (κ3) is 6.79. The summed E-state index contributed by atoms with van der Waals surface area (Å²) in [5.74, 6) is 0.809. The zero-order valence-corrected chi connectivity index (χ0v) is 19.2. The topological polar surface area (TPSA) is 58.2 Å². The Bertz CT molecular complexity index is 855. The van der Waals surface area contributed by atoms with Crippen molar-refractivity contribution in [1.82, 2.24) is 0 Å². The molecule has 0 aliphatic carbocycles. The molecule has 156 valence electrons. The van der Waals surface area contributed by atoms with Crippen LogP contribution in [0.4, 0.5) is 11.4 Å². The van der Waals surface area contributed by atoms with E-state index < -0.39 is 0 Å². The summed E-state index contributed by atoms with van der Waals surface area (Å²) in [6.07, 6.45) is 0. The fraction of sp³-hybridized carbons (Fsp3) is 0.391. The number of halogens is 1. The second kappa shape index (κ2) is 10.7. The molecule has 0 aliphatic heterocycles. The maximum Gasteiger partial charge on any atom is 0.234 e. The van der Waals surface area contributed by atoms with Gasteiger partial charge in [-0.05, 0) is 53.6 Å². The molecule has 6 heteroatoms. The molecular formula is C23H29ClN2O2S. The molecule has 29 heavy (non-hydrogen) atoms. The van der Waals surface area contributed by atoms with Crippen LogP contribution in [0.3, 0.4) is 0 Å². The summed E-state index contributed by atoms with van der Waals surface area (Å²) in [6.45, 7) is 10.4. The highest BCUT2D eigenvalue weighted by atomic mass is 35.5. The predicted molar refractivity (Wildman–Crippen MR) is 125 cm³/mol. The zero-order valence-electron chi connectivity index (χ0n) is 17.6. The van der Waals surface area contributed by atoms with E-state index in [1.807, 2.05) is 13.0 Å². The fourth-order valence-electron chi connectivity index (χ4n) is 3.06. The SMILES string of the molecule is Cc1cc(Cl)ccc1NC(=O)CSCC(=O)Nc1c(C(C)C)cccc1C(C)C. The molecule has 0 saturated carbocycles. The summed E-state index contributed by atoms with van der Waals surface area (Å²) in [7, 11) is 0. The first kappa shape index (κ1) is 23.3. The largest absolute Gasteiger partial charge is 0.325 e. The van der Waals surface area contributed by atoms with Gasteiger partial charge in [-0.25, -0.2) is 0 Å². The maximum absolute atomic E-state index is 12.5. The van der Waals surface area contributed by atoms with E-state index in [0.29, 0.717) is 16.9 Å². The van der Waals surface area contributed by atoms with E-state index in [9.17, 15) is 9.59 Å². The molecule has 0 saturated heterocycles. The van der Waals surface area contributed by atoms with Crippen molar-refractivity contribution >= 4 is 46.6 Å². The minimum atomic E-state index is -0.140. The van der Waals surface area contributed by atoms with Crippen LogP contribution in [0.1, 0.15) is 56.2 Å². The van der Waals surface area contributed by atoms with Crippen LogP contribution in [0.25, 0.3) is 0 Å². The minimum absolute atomic E-state index is 0.0968. The van der Waals surface area contributed by atoms with Gasteiger partial charge in [-0.1, -0.05) is 57.5 Å². The summed E-state index contributed by atoms with van der Waals surface area (Å²) in [6, 6.07) is 11.5. The number of hydrogen-bond acceptors (Lipinski definition) is 3. The van der Waals surface area contributed by atoms with Gasteiger partial charge in [-0.3, -0.25) is 9.59 Å². The maximum atomic E-state index is 12.5. The summed E-state index contributed by atoms with van der Waals surface area (Å²) in [4.78, 5) is 24.7. The standard InChI is InChI=1S/C23H29ClN2O2S/c1-14(2)18-7-6-8-19(15(3)4)23(18)26-22(28)13-29-12-21(27)25-20-10-9-17(24)11-16(20)5/h6-11,14-15H,12-13H2,1-5H3,(H,25,27)(H,26,28). The third-order valence-corrected chi connectivity index (χ3v) is 5.73. The number of para-hydroxylation sites is 1. The number of thioether (sulfide) groups is 1. The molecular weight excluding hydrogens is 404 g/mol. The summed E-state index contributed by atoms with van der Waals surface area (Å²) < 4.78 is 0. The normalized spacial score (nSPS) is 11.0. The van der Waals surface area contributed by atoms with E-state index in [-0.39, 0.29) is 23.3 Å². The van der Waals surface area contributed by atoms with Crippen LogP contribution in [-0.2, 0) is 9.59 Å². The molecule has 0 fully saturated rings. The van der Waals surface area contributed by atoms with Crippen molar-refractivity contribution in [3.05, 3.63) is 58.1 Å². The number of anilines is 2. The lowest BCUT2D eigenvalue weighted by molar-refractivity contribution is -0.114. The van der Waals surface area contributed by atoms with Gasteiger partial charge in [0, 0.05) is 16.4 Å². The highest BCUT2D eigenvalue weighted by Gasteiger charge is 2.16. The molecule has 0 unspecified atom stereocenters. The summed E-state index contributed by atoms with van der Waals surface area (Å²) in [5, 5.41) is 6.57. The third-order valence-electron chi connectivity index (χ3n) is 4.57. The number of nitrogens with one attached hydrogen (secondary N) is 2. The number of rotatable bonds is 8. The van der Waals surface area contributed by atoms with Crippen LogP contribution in [0.15, 0.2) is 36.4 Å². The van der Waals surface area contributed by atoms with Crippen molar-refractivity contribution in [2.45, 2.75) is 46.5 Å². The van der Waals surface area contributed by atoms with Crippen LogP contribution in [0.5, 0.6) is 0 Å². The number of aryl methyl sites for hydroxylation is 1. The van der Waals surface area contributed by atoms with Crippen LogP contribution in [0, 0.1) is 6.92 Å². The number of benzene rings is 2. The second-order valence-electron chi connectivity index (χ2n) is 7.67. The van der Waals surface area contributed by atoms with Crippen molar-refractivity contribution in [3.8, 4) is 0 Å². The van der Waals surface area contributed by atoms with Crippen molar-refractivity contribution in [2.24, 2.45) is 0 Å². The molecule has 0 bridgehead atoms. The average Bonchev–Trinajstić information content (AvgIpc) is 2.63. The number of carbonyl (C=O) groups is 2. The highest BCUT2D eigenvalue weighted by molar-refractivity contribution is 8.00. The Balaban J connectivity index is 1.93. The van der Waals surface area contributed by atoms with Crippen molar-refractivity contribution in [2.75, 3.05) is 22.1 Å². The van der Waals surface area contributed by atoms with Crippen LogP contribution in [0.2, 0.25) is 5.02 Å². The predicted octanol–water partition coefficient (Wildman–Crippen LogP) is 6.21. The van der Waals surface area contributed by atoms with Gasteiger partial charge in [0.25, 0.3) is 0 Å². The first-order valence-electron chi connectivity index (χ1n) is 9.75. The van der Waals surface area contributed by atoms with Crippen molar-refractivity contribution in [3.63, 3.8) is 0 Å². The number of carbonyl (C=O) groups excluding carboxylic acids is 2. The Morgan fingerprint density at radius 3 is 2.00 bits per heavy atom. The molecule has 0 aromatic heterocycles. The van der Waals surface area contributed by atoms with Gasteiger partial charge >= 0.3 is 0 Å².